The van der Waals surface area contributed by atoms with Gasteiger partial charge in [0.15, 0.2) is 0 Å². The van der Waals surface area contributed by atoms with E-state index in [0.717, 1.165) is 31.6 Å². The van der Waals surface area contributed by atoms with Crippen LogP contribution in [0.15, 0.2) is 18.2 Å². The molecule has 1 aromatic carbocycles. The molecule has 1 heterocycles. The number of nitrogens with zero attached hydrogens (tertiary/aromatic N) is 1. The minimum Gasteiger partial charge on any atom is -0.371 e. The van der Waals surface area contributed by atoms with Crippen molar-refractivity contribution in [2.45, 2.75) is 26.2 Å². The predicted molar refractivity (Wildman–Crippen MR) is 87.9 cm³/mol. The van der Waals surface area contributed by atoms with Crippen LogP contribution in [-0.2, 0) is 4.79 Å². The summed E-state index contributed by atoms with van der Waals surface area (Å²) in [7, 11) is 0. The summed E-state index contributed by atoms with van der Waals surface area (Å²) in [5.41, 5.74) is 12.9. The molecule has 0 radical (unpaired) electrons. The molecular weight excluding hydrogens is 280 g/mol. The maximum atomic E-state index is 12.0. The fraction of sp³-hybridized carbons (Fsp3) is 0.500. The van der Waals surface area contributed by atoms with Gasteiger partial charge in [0.25, 0.3) is 5.91 Å². The highest BCUT2D eigenvalue weighted by molar-refractivity contribution is 6.00. The Labute approximate surface area is 130 Å². The highest BCUT2D eigenvalue weighted by Crippen LogP contribution is 2.27. The van der Waals surface area contributed by atoms with Crippen LogP contribution in [-0.4, -0.2) is 31.4 Å². The van der Waals surface area contributed by atoms with E-state index in [4.69, 9.17) is 11.5 Å². The second-order valence-electron chi connectivity index (χ2n) is 5.77. The van der Waals surface area contributed by atoms with Crippen LogP contribution in [0.3, 0.4) is 0 Å². The van der Waals surface area contributed by atoms with E-state index < -0.39 is 5.91 Å². The maximum absolute atomic E-state index is 12.0. The van der Waals surface area contributed by atoms with Crippen LogP contribution in [0.1, 0.15) is 36.5 Å². The van der Waals surface area contributed by atoms with Gasteiger partial charge in [0.1, 0.15) is 0 Å². The average Bonchev–Trinajstić information content (AvgIpc) is 2.54. The van der Waals surface area contributed by atoms with Crippen molar-refractivity contribution in [2.75, 3.05) is 29.9 Å². The molecule has 0 aliphatic carbocycles. The molecule has 1 aliphatic heterocycles. The third kappa shape index (κ3) is 3.76. The topological polar surface area (TPSA) is 101 Å². The summed E-state index contributed by atoms with van der Waals surface area (Å²) in [5.74, 6) is -0.832. The molecule has 0 saturated carbocycles. The molecule has 1 saturated heterocycles. The number of hydrogen-bond donors (Lipinski definition) is 3. The molecule has 5 N–H and O–H groups in total. The summed E-state index contributed by atoms with van der Waals surface area (Å²) in [4.78, 5) is 25.8. The minimum atomic E-state index is -0.450. The third-order valence-electron chi connectivity index (χ3n) is 4.03. The van der Waals surface area contributed by atoms with Crippen LogP contribution in [0, 0.1) is 5.92 Å². The van der Waals surface area contributed by atoms with Gasteiger partial charge in [0, 0.05) is 31.2 Å². The van der Waals surface area contributed by atoms with Crippen LogP contribution in [0.5, 0.6) is 0 Å². The molecule has 1 aliphatic rings. The second-order valence-corrected chi connectivity index (χ2v) is 5.77. The van der Waals surface area contributed by atoms with Gasteiger partial charge in [-0.15, -0.1) is 0 Å². The van der Waals surface area contributed by atoms with E-state index in [9.17, 15) is 9.59 Å². The lowest BCUT2D eigenvalue weighted by atomic mass is 10.1. The number of carbonyl (C=O) groups excluding carboxylic acids is 2. The number of hydrogen-bond acceptors (Lipinski definition) is 4. The van der Waals surface area contributed by atoms with Crippen molar-refractivity contribution in [2.24, 2.45) is 17.4 Å². The van der Waals surface area contributed by atoms with Gasteiger partial charge in [-0.1, -0.05) is 6.92 Å². The fourth-order valence-corrected chi connectivity index (χ4v) is 2.59. The van der Waals surface area contributed by atoms with E-state index in [2.05, 4.69) is 10.2 Å². The molecule has 22 heavy (non-hydrogen) atoms. The zero-order valence-corrected chi connectivity index (χ0v) is 13.0. The highest BCUT2D eigenvalue weighted by Gasteiger charge is 2.19. The van der Waals surface area contributed by atoms with Crippen molar-refractivity contribution in [1.29, 1.82) is 0 Å². The SMILES string of the molecule is CC(CN)C(=O)Nc1ccc(C(N)=O)c(N2CCCCC2)c1. The number of benzene rings is 1. The molecule has 1 atom stereocenters. The summed E-state index contributed by atoms with van der Waals surface area (Å²) < 4.78 is 0. The Balaban J connectivity index is 2.26. The van der Waals surface area contributed by atoms with Gasteiger partial charge in [-0.25, -0.2) is 0 Å². The lowest BCUT2D eigenvalue weighted by Crippen LogP contribution is -2.32. The molecule has 6 nitrogen and oxygen atoms in total. The van der Waals surface area contributed by atoms with Crippen LogP contribution in [0.25, 0.3) is 0 Å². The van der Waals surface area contributed by atoms with Gasteiger partial charge in [0.2, 0.25) is 5.91 Å². The maximum Gasteiger partial charge on any atom is 0.250 e. The second kappa shape index (κ2) is 7.26. The largest absolute Gasteiger partial charge is 0.371 e. The van der Waals surface area contributed by atoms with Gasteiger partial charge in [0.05, 0.1) is 11.3 Å². The molecule has 0 aromatic heterocycles. The van der Waals surface area contributed by atoms with Gasteiger partial charge in [-0.2, -0.15) is 0 Å². The summed E-state index contributed by atoms with van der Waals surface area (Å²) in [6.45, 7) is 3.87. The van der Waals surface area contributed by atoms with Crippen molar-refractivity contribution >= 4 is 23.2 Å². The lowest BCUT2D eigenvalue weighted by molar-refractivity contribution is -0.119. The van der Waals surface area contributed by atoms with Crippen LogP contribution >= 0.6 is 0 Å². The van der Waals surface area contributed by atoms with E-state index in [1.165, 1.54) is 6.42 Å². The first-order valence-electron chi connectivity index (χ1n) is 7.72. The van der Waals surface area contributed by atoms with E-state index in [1.807, 2.05) is 6.07 Å². The molecular formula is C16H24N4O2. The van der Waals surface area contributed by atoms with Crippen molar-refractivity contribution in [1.82, 2.24) is 0 Å². The Hall–Kier alpha value is -2.08. The van der Waals surface area contributed by atoms with Crippen molar-refractivity contribution in [3.8, 4) is 0 Å². The molecule has 0 bridgehead atoms. The van der Waals surface area contributed by atoms with E-state index in [0.29, 0.717) is 17.8 Å². The smallest absolute Gasteiger partial charge is 0.250 e. The van der Waals surface area contributed by atoms with E-state index >= 15 is 0 Å². The number of amides is 2. The molecule has 120 valence electrons. The number of anilines is 2. The summed E-state index contributed by atoms with van der Waals surface area (Å²) in [6.07, 6.45) is 3.39. The zero-order valence-electron chi connectivity index (χ0n) is 13.0. The van der Waals surface area contributed by atoms with E-state index in [-0.39, 0.29) is 11.8 Å². The molecule has 0 spiro atoms. The fourth-order valence-electron chi connectivity index (χ4n) is 2.59. The van der Waals surface area contributed by atoms with Gasteiger partial charge in [-0.3, -0.25) is 9.59 Å². The quantitative estimate of drug-likeness (QED) is 0.763. The van der Waals surface area contributed by atoms with Crippen LogP contribution < -0.4 is 21.7 Å². The molecule has 1 unspecified atom stereocenters. The van der Waals surface area contributed by atoms with Crippen LogP contribution in [0.4, 0.5) is 11.4 Å². The average molecular weight is 304 g/mol. The van der Waals surface area contributed by atoms with Crippen molar-refractivity contribution < 1.29 is 9.59 Å². The summed E-state index contributed by atoms with van der Waals surface area (Å²) in [5, 5.41) is 2.84. The number of piperidine rings is 1. The standard InChI is InChI=1S/C16H24N4O2/c1-11(10-17)16(22)19-12-5-6-13(15(18)21)14(9-12)20-7-3-2-4-8-20/h5-6,9,11H,2-4,7-8,10,17H2,1H3,(H2,18,21)(H,19,22). The number of rotatable bonds is 5. The Bertz CT molecular complexity index is 553. The third-order valence-corrected chi connectivity index (χ3v) is 4.03. The summed E-state index contributed by atoms with van der Waals surface area (Å²) in [6, 6.07) is 5.20. The van der Waals surface area contributed by atoms with E-state index in [1.54, 1.807) is 19.1 Å². The summed E-state index contributed by atoms with van der Waals surface area (Å²) >= 11 is 0. The molecule has 1 aromatic rings. The highest BCUT2D eigenvalue weighted by atomic mass is 16.2. The molecule has 6 heteroatoms. The van der Waals surface area contributed by atoms with Crippen LogP contribution in [0.2, 0.25) is 0 Å². The Kier molecular flexibility index (Phi) is 5.38. The molecule has 1 fully saturated rings. The predicted octanol–water partition coefficient (Wildman–Crippen LogP) is 1.31. The molecule has 2 amide bonds. The normalized spacial score (nSPS) is 16.2. The first kappa shape index (κ1) is 16.3. The minimum absolute atomic E-state index is 0.126. The molecule has 2 rings (SSSR count). The Morgan fingerprint density at radius 1 is 1.27 bits per heavy atom. The monoisotopic (exact) mass is 304 g/mol. The van der Waals surface area contributed by atoms with Crippen molar-refractivity contribution in [3.63, 3.8) is 0 Å². The number of nitrogens with two attached hydrogens (primary N) is 2. The van der Waals surface area contributed by atoms with Gasteiger partial charge < -0.3 is 21.7 Å². The van der Waals surface area contributed by atoms with Gasteiger partial charge >= 0.3 is 0 Å². The first-order valence-corrected chi connectivity index (χ1v) is 7.72. The zero-order chi connectivity index (χ0) is 16.1. The number of nitrogens with one attached hydrogen (secondary N) is 1. The Morgan fingerprint density at radius 2 is 1.95 bits per heavy atom. The number of primary amides is 1. The lowest BCUT2D eigenvalue weighted by Gasteiger charge is -2.30. The number of carbonyl (C=O) groups is 2. The first-order chi connectivity index (χ1) is 10.5. The Morgan fingerprint density at radius 3 is 2.55 bits per heavy atom. The van der Waals surface area contributed by atoms with Gasteiger partial charge in [-0.05, 0) is 37.5 Å². The van der Waals surface area contributed by atoms with Crippen molar-refractivity contribution in [3.05, 3.63) is 23.8 Å².